The van der Waals surface area contributed by atoms with E-state index in [0.717, 1.165) is 53.5 Å². The molecule has 7 heteroatoms. The smallest absolute Gasteiger partial charge is 0.321 e. The van der Waals surface area contributed by atoms with Crippen molar-refractivity contribution in [3.05, 3.63) is 41.7 Å². The number of nitrogens with zero attached hydrogens (tertiary/aromatic N) is 3. The highest BCUT2D eigenvalue weighted by Gasteiger charge is 2.27. The summed E-state index contributed by atoms with van der Waals surface area (Å²) in [6, 6.07) is 7.56. The Hall–Kier alpha value is -2.83. The number of fused-ring (bicyclic) bond motifs is 1. The predicted molar refractivity (Wildman–Crippen MR) is 94.6 cm³/mol. The molecule has 7 nitrogen and oxygen atoms in total. The van der Waals surface area contributed by atoms with Gasteiger partial charge in [-0.05, 0) is 51.0 Å². The Morgan fingerprint density at radius 2 is 2.24 bits per heavy atom. The van der Waals surface area contributed by atoms with Crippen molar-refractivity contribution in [1.82, 2.24) is 20.1 Å². The van der Waals surface area contributed by atoms with Gasteiger partial charge in [-0.15, -0.1) is 0 Å². The average Bonchev–Trinajstić information content (AvgIpc) is 3.19. The zero-order valence-electron chi connectivity index (χ0n) is 14.4. The summed E-state index contributed by atoms with van der Waals surface area (Å²) < 4.78 is 5.57. The van der Waals surface area contributed by atoms with Gasteiger partial charge in [-0.1, -0.05) is 0 Å². The number of carbonyl (C=O) groups excluding carboxylic acids is 1. The molecule has 1 fully saturated rings. The highest BCUT2D eigenvalue weighted by Crippen LogP contribution is 2.26. The number of anilines is 1. The molecule has 1 aliphatic rings. The normalized spacial score (nSPS) is 17.8. The van der Waals surface area contributed by atoms with Crippen LogP contribution in [0.3, 0.4) is 0 Å². The lowest BCUT2D eigenvalue weighted by molar-refractivity contribution is 0.191. The molecule has 1 aromatic carbocycles. The molecule has 25 heavy (non-hydrogen) atoms. The van der Waals surface area contributed by atoms with Crippen LogP contribution in [-0.2, 0) is 0 Å². The summed E-state index contributed by atoms with van der Waals surface area (Å²) >= 11 is 0. The van der Waals surface area contributed by atoms with Crippen molar-refractivity contribution in [2.45, 2.75) is 32.6 Å². The molecule has 0 spiro atoms. The van der Waals surface area contributed by atoms with E-state index in [0.29, 0.717) is 6.54 Å². The number of rotatable bonds is 2. The van der Waals surface area contributed by atoms with Crippen molar-refractivity contribution in [2.75, 3.05) is 18.4 Å². The largest absolute Gasteiger partial charge is 0.461 e. The number of amides is 2. The van der Waals surface area contributed by atoms with Crippen molar-refractivity contribution in [2.24, 2.45) is 0 Å². The van der Waals surface area contributed by atoms with Crippen LogP contribution in [0, 0.1) is 13.8 Å². The van der Waals surface area contributed by atoms with E-state index in [2.05, 4.69) is 20.5 Å². The molecular weight excluding hydrogens is 318 g/mol. The molecule has 1 saturated heterocycles. The lowest BCUT2D eigenvalue weighted by Gasteiger charge is -2.31. The second-order valence-corrected chi connectivity index (χ2v) is 6.60. The Kier molecular flexibility index (Phi) is 3.91. The van der Waals surface area contributed by atoms with Gasteiger partial charge in [0.25, 0.3) is 0 Å². The molecule has 3 aromatic rings. The second kappa shape index (κ2) is 6.23. The molecule has 3 heterocycles. The van der Waals surface area contributed by atoms with Crippen LogP contribution in [0.5, 0.6) is 0 Å². The van der Waals surface area contributed by atoms with Crippen LogP contribution < -0.4 is 5.32 Å². The summed E-state index contributed by atoms with van der Waals surface area (Å²) in [7, 11) is 0. The number of aryl methyl sites for hydroxylation is 2. The fourth-order valence-corrected chi connectivity index (χ4v) is 3.37. The standard InChI is InChI=1S/C18H21N5O2/c1-11-8-14-9-15(5-6-16(14)25-11)20-18(24)23-7-3-4-13(10-23)17-19-12(2)21-22-17/h5-6,8-9,13H,3-4,7,10H2,1-2H3,(H,20,24)(H,19,21,22)/t13-/m0/s1. The molecule has 0 saturated carbocycles. The topological polar surface area (TPSA) is 87.1 Å². The molecule has 130 valence electrons. The molecule has 0 bridgehead atoms. The van der Waals surface area contributed by atoms with Gasteiger partial charge in [0.15, 0.2) is 5.82 Å². The molecule has 2 N–H and O–H groups in total. The van der Waals surface area contributed by atoms with Crippen LogP contribution in [0.2, 0.25) is 0 Å². The van der Waals surface area contributed by atoms with E-state index in [1.165, 1.54) is 0 Å². The predicted octanol–water partition coefficient (Wildman–Crippen LogP) is 3.58. The number of nitrogens with one attached hydrogen (secondary N) is 2. The van der Waals surface area contributed by atoms with Crippen LogP contribution in [0.1, 0.15) is 36.2 Å². The van der Waals surface area contributed by atoms with Gasteiger partial charge in [-0.25, -0.2) is 9.78 Å². The number of aromatic amines is 1. The van der Waals surface area contributed by atoms with Crippen molar-refractivity contribution in [3.63, 3.8) is 0 Å². The van der Waals surface area contributed by atoms with E-state index < -0.39 is 0 Å². The number of urea groups is 1. The molecular formula is C18H21N5O2. The fraction of sp³-hybridized carbons (Fsp3) is 0.389. The van der Waals surface area contributed by atoms with Gasteiger partial charge in [0.1, 0.15) is 17.2 Å². The van der Waals surface area contributed by atoms with Crippen LogP contribution in [0.4, 0.5) is 10.5 Å². The Morgan fingerprint density at radius 1 is 1.36 bits per heavy atom. The Balaban J connectivity index is 1.45. The lowest BCUT2D eigenvalue weighted by Crippen LogP contribution is -2.41. The third-order valence-corrected chi connectivity index (χ3v) is 4.58. The minimum Gasteiger partial charge on any atom is -0.461 e. The summed E-state index contributed by atoms with van der Waals surface area (Å²) in [6.07, 6.45) is 1.95. The number of furan rings is 1. The first-order valence-electron chi connectivity index (χ1n) is 8.53. The maximum absolute atomic E-state index is 12.6. The number of piperidine rings is 1. The van der Waals surface area contributed by atoms with Crippen molar-refractivity contribution >= 4 is 22.7 Å². The number of hydrogen-bond acceptors (Lipinski definition) is 4. The third kappa shape index (κ3) is 3.22. The minimum atomic E-state index is -0.0866. The molecule has 0 radical (unpaired) electrons. The summed E-state index contributed by atoms with van der Waals surface area (Å²) in [4.78, 5) is 18.9. The number of carbonyl (C=O) groups is 1. The van der Waals surface area contributed by atoms with E-state index in [9.17, 15) is 4.79 Å². The second-order valence-electron chi connectivity index (χ2n) is 6.60. The molecule has 1 atom stereocenters. The highest BCUT2D eigenvalue weighted by atomic mass is 16.3. The molecule has 0 unspecified atom stereocenters. The zero-order chi connectivity index (χ0) is 17.4. The van der Waals surface area contributed by atoms with E-state index in [-0.39, 0.29) is 11.9 Å². The number of H-pyrrole nitrogens is 1. The summed E-state index contributed by atoms with van der Waals surface area (Å²) in [5, 5.41) is 11.1. The van der Waals surface area contributed by atoms with Crippen molar-refractivity contribution < 1.29 is 9.21 Å². The number of likely N-dealkylation sites (tertiary alicyclic amines) is 1. The van der Waals surface area contributed by atoms with Crippen LogP contribution in [0.15, 0.2) is 28.7 Å². The zero-order valence-corrected chi connectivity index (χ0v) is 14.4. The third-order valence-electron chi connectivity index (χ3n) is 4.58. The van der Waals surface area contributed by atoms with Crippen LogP contribution in [-0.4, -0.2) is 39.2 Å². The monoisotopic (exact) mass is 339 g/mol. The van der Waals surface area contributed by atoms with Gasteiger partial charge in [0, 0.05) is 30.1 Å². The SMILES string of the molecule is Cc1nc([C@H]2CCCN(C(=O)Nc3ccc4oc(C)cc4c3)C2)n[nH]1. The Bertz CT molecular complexity index is 913. The van der Waals surface area contributed by atoms with Crippen molar-refractivity contribution in [1.29, 1.82) is 0 Å². The first-order chi connectivity index (χ1) is 12.1. The van der Waals surface area contributed by atoms with Gasteiger partial charge in [0.05, 0.1) is 0 Å². The molecule has 2 aromatic heterocycles. The quantitative estimate of drug-likeness (QED) is 0.747. The van der Waals surface area contributed by atoms with Gasteiger partial charge in [0.2, 0.25) is 0 Å². The first kappa shape index (κ1) is 15.7. The highest BCUT2D eigenvalue weighted by molar-refractivity contribution is 5.92. The molecule has 4 rings (SSSR count). The van der Waals surface area contributed by atoms with Crippen LogP contribution >= 0.6 is 0 Å². The average molecular weight is 339 g/mol. The van der Waals surface area contributed by atoms with E-state index in [1.807, 2.05) is 43.0 Å². The molecule has 0 aliphatic carbocycles. The lowest BCUT2D eigenvalue weighted by atomic mass is 9.98. The molecule has 1 aliphatic heterocycles. The van der Waals surface area contributed by atoms with Gasteiger partial charge < -0.3 is 14.6 Å². The van der Waals surface area contributed by atoms with Crippen molar-refractivity contribution in [3.8, 4) is 0 Å². The minimum absolute atomic E-state index is 0.0866. The van der Waals surface area contributed by atoms with E-state index >= 15 is 0 Å². The summed E-state index contributed by atoms with van der Waals surface area (Å²) in [5.41, 5.74) is 1.60. The summed E-state index contributed by atoms with van der Waals surface area (Å²) in [5.74, 6) is 2.65. The Labute approximate surface area is 145 Å². The maximum atomic E-state index is 12.6. The van der Waals surface area contributed by atoms with E-state index in [1.54, 1.807) is 0 Å². The fourth-order valence-electron chi connectivity index (χ4n) is 3.37. The Morgan fingerprint density at radius 3 is 3.04 bits per heavy atom. The van der Waals surface area contributed by atoms with Gasteiger partial charge in [-0.2, -0.15) is 5.10 Å². The number of hydrogen-bond donors (Lipinski definition) is 2. The molecule has 2 amide bonds. The van der Waals surface area contributed by atoms with E-state index in [4.69, 9.17) is 4.42 Å². The first-order valence-corrected chi connectivity index (χ1v) is 8.53. The van der Waals surface area contributed by atoms with Gasteiger partial charge >= 0.3 is 6.03 Å². The number of benzene rings is 1. The number of aromatic nitrogens is 3. The maximum Gasteiger partial charge on any atom is 0.321 e. The van der Waals surface area contributed by atoms with Crippen LogP contribution in [0.25, 0.3) is 11.0 Å². The summed E-state index contributed by atoms with van der Waals surface area (Å²) in [6.45, 7) is 5.18. The van der Waals surface area contributed by atoms with Gasteiger partial charge in [-0.3, -0.25) is 5.10 Å².